The van der Waals surface area contributed by atoms with Crippen molar-refractivity contribution in [2.75, 3.05) is 0 Å². The molecule has 0 nitrogen and oxygen atoms in total. The zero-order chi connectivity index (χ0) is 14.7. The molecule has 0 fully saturated rings. The van der Waals surface area contributed by atoms with Crippen molar-refractivity contribution in [3.05, 3.63) is 77.1 Å². The fourth-order valence-corrected chi connectivity index (χ4v) is 4.02. The van der Waals surface area contributed by atoms with Gasteiger partial charge in [0.2, 0.25) is 0 Å². The van der Waals surface area contributed by atoms with E-state index < -0.39 is 0 Å². The molecule has 0 aliphatic heterocycles. The van der Waals surface area contributed by atoms with E-state index in [0.717, 1.165) is 21.4 Å². The first-order valence-electron chi connectivity index (χ1n) is 6.35. The van der Waals surface area contributed by atoms with Gasteiger partial charge in [-0.1, -0.05) is 0 Å². The Morgan fingerprint density at radius 1 is 0.905 bits per heavy atom. The second-order valence-corrected chi connectivity index (χ2v) is 6.62. The van der Waals surface area contributed by atoms with Gasteiger partial charge in [0.25, 0.3) is 0 Å². The van der Waals surface area contributed by atoms with E-state index in [2.05, 4.69) is 16.8 Å². The van der Waals surface area contributed by atoms with Gasteiger partial charge >= 0.3 is 134 Å². The van der Waals surface area contributed by atoms with E-state index in [-0.39, 0.29) is 20.8 Å². The van der Waals surface area contributed by atoms with E-state index in [1.54, 1.807) is 12.1 Å². The minimum atomic E-state index is -0.244. The summed E-state index contributed by atoms with van der Waals surface area (Å²) in [6.45, 7) is 0. The van der Waals surface area contributed by atoms with Crippen LogP contribution >= 0.6 is 11.6 Å². The molecule has 0 saturated heterocycles. The molecule has 0 amide bonds. The van der Waals surface area contributed by atoms with Gasteiger partial charge in [0.1, 0.15) is 0 Å². The third-order valence-electron chi connectivity index (χ3n) is 3.02. The van der Waals surface area contributed by atoms with Crippen LogP contribution in [0.15, 0.2) is 60.7 Å². The molecule has 0 bridgehead atoms. The number of hydrogen-bond donors (Lipinski definition) is 0. The van der Waals surface area contributed by atoms with Crippen LogP contribution in [0.2, 0.25) is 5.02 Å². The van der Waals surface area contributed by atoms with Crippen LogP contribution in [0.4, 0.5) is 4.39 Å². The van der Waals surface area contributed by atoms with Crippen LogP contribution in [-0.2, 0) is 0 Å². The summed E-state index contributed by atoms with van der Waals surface area (Å²) in [6.07, 6.45) is 0. The fourth-order valence-electron chi connectivity index (χ4n) is 2.02. The van der Waals surface area contributed by atoms with Crippen molar-refractivity contribution in [2.24, 2.45) is 0 Å². The summed E-state index contributed by atoms with van der Waals surface area (Å²) in [5.74, 6) is 2.83. The van der Waals surface area contributed by atoms with Gasteiger partial charge in [0.05, 0.1) is 0 Å². The molecule has 0 radical (unpaired) electrons. The molecule has 3 aromatic rings. The van der Waals surface area contributed by atoms with Gasteiger partial charge in [0.15, 0.2) is 0 Å². The van der Waals surface area contributed by atoms with Gasteiger partial charge in [-0.25, -0.2) is 0 Å². The first kappa shape index (κ1) is 14.2. The zero-order valence-corrected chi connectivity index (χ0v) is 13.4. The molecule has 0 aliphatic rings. The van der Waals surface area contributed by atoms with Crippen molar-refractivity contribution < 1.29 is 4.39 Å². The van der Waals surface area contributed by atoms with Gasteiger partial charge < -0.3 is 0 Å². The Balaban J connectivity index is 1.91. The molecule has 21 heavy (non-hydrogen) atoms. The maximum absolute atomic E-state index is 12.8. The minimum absolute atomic E-state index is 0.00110. The van der Waals surface area contributed by atoms with Crippen molar-refractivity contribution in [3.63, 3.8) is 0 Å². The van der Waals surface area contributed by atoms with E-state index in [9.17, 15) is 4.39 Å². The van der Waals surface area contributed by atoms with Crippen molar-refractivity contribution in [1.82, 2.24) is 0 Å². The Morgan fingerprint density at radius 2 is 1.62 bits per heavy atom. The van der Waals surface area contributed by atoms with Crippen LogP contribution in [-0.4, -0.2) is 15.0 Å². The molecule has 3 heteroatoms. The van der Waals surface area contributed by atoms with Gasteiger partial charge in [0, 0.05) is 0 Å². The van der Waals surface area contributed by atoms with Gasteiger partial charge in [-0.3, -0.25) is 0 Å². The molecule has 0 unspecified atom stereocenters. The molecular formula is C18H10ClFSe. The molecule has 0 aromatic heterocycles. The number of benzene rings is 3. The van der Waals surface area contributed by atoms with Crippen LogP contribution in [0.3, 0.4) is 0 Å². The monoisotopic (exact) mass is 360 g/mol. The Labute approximate surface area is 134 Å². The zero-order valence-electron chi connectivity index (χ0n) is 10.9. The summed E-state index contributed by atoms with van der Waals surface area (Å²) in [4.78, 5) is 3.19. The second-order valence-electron chi connectivity index (χ2n) is 4.43. The average molecular weight is 360 g/mol. The fraction of sp³-hybridized carbons (Fsp3) is 0. The maximum atomic E-state index is 12.8. The van der Waals surface area contributed by atoms with Crippen LogP contribution in [0, 0.1) is 16.6 Å². The first-order chi connectivity index (χ1) is 10.2. The van der Waals surface area contributed by atoms with E-state index in [4.69, 9.17) is 11.6 Å². The van der Waals surface area contributed by atoms with Crippen LogP contribution < -0.4 is 4.46 Å². The Morgan fingerprint density at radius 3 is 2.38 bits per heavy atom. The Kier molecular flexibility index (Phi) is 4.27. The van der Waals surface area contributed by atoms with E-state index in [1.165, 1.54) is 16.6 Å². The van der Waals surface area contributed by atoms with Gasteiger partial charge in [-0.15, -0.1) is 0 Å². The second kappa shape index (κ2) is 6.33. The third kappa shape index (κ3) is 3.28. The summed E-state index contributed by atoms with van der Waals surface area (Å²) in [7, 11) is 0. The van der Waals surface area contributed by atoms with Crippen molar-refractivity contribution in [2.45, 2.75) is 0 Å². The first-order valence-corrected chi connectivity index (χ1v) is 8.44. The molecule has 0 atom stereocenters. The topological polar surface area (TPSA) is 0 Å². The van der Waals surface area contributed by atoms with E-state index >= 15 is 0 Å². The van der Waals surface area contributed by atoms with Crippen molar-refractivity contribution in [1.29, 1.82) is 0 Å². The standard InChI is InChI=1S/C18H10ClFSe/c19-16-5-1-3-14-4-2-6-17(18(14)16)21-12-11-13-7-9-15(20)10-8-13/h1-10H. The van der Waals surface area contributed by atoms with Crippen LogP contribution in [0.1, 0.15) is 5.56 Å². The molecule has 0 aliphatic carbocycles. The summed E-state index contributed by atoms with van der Waals surface area (Å²) in [6, 6.07) is 18.3. The Hall–Kier alpha value is -1.78. The summed E-state index contributed by atoms with van der Waals surface area (Å²) < 4.78 is 14.0. The summed E-state index contributed by atoms with van der Waals surface area (Å²) in [5.41, 5.74) is 0.824. The summed E-state index contributed by atoms with van der Waals surface area (Å²) in [5, 5.41) is 2.97. The number of halogens is 2. The van der Waals surface area contributed by atoms with Gasteiger partial charge in [-0.2, -0.15) is 0 Å². The normalized spacial score (nSPS) is 10.2. The average Bonchev–Trinajstić information content (AvgIpc) is 2.50. The molecule has 102 valence electrons. The molecule has 3 aromatic carbocycles. The van der Waals surface area contributed by atoms with Crippen molar-refractivity contribution in [3.8, 4) is 10.7 Å². The SMILES string of the molecule is Fc1ccc(C#C[Se]c2cccc3cccc(Cl)c23)cc1. The van der Waals surface area contributed by atoms with Crippen LogP contribution in [0.25, 0.3) is 10.8 Å². The van der Waals surface area contributed by atoms with Crippen molar-refractivity contribution >= 4 is 41.8 Å². The van der Waals surface area contributed by atoms with Crippen LogP contribution in [0.5, 0.6) is 0 Å². The molecule has 3 rings (SSSR count). The predicted octanol–water partition coefficient (Wildman–Crippen LogP) is 3.97. The summed E-state index contributed by atoms with van der Waals surface area (Å²) >= 11 is 6.29. The quantitative estimate of drug-likeness (QED) is 0.455. The molecule has 0 heterocycles. The number of rotatable bonds is 1. The molecular weight excluding hydrogens is 350 g/mol. The molecule has 0 N–H and O–H groups in total. The number of fused-ring (bicyclic) bond motifs is 1. The molecule has 0 spiro atoms. The number of hydrogen-bond acceptors (Lipinski definition) is 0. The molecule has 0 saturated carbocycles. The predicted molar refractivity (Wildman–Crippen MR) is 87.6 cm³/mol. The van der Waals surface area contributed by atoms with Gasteiger partial charge in [-0.05, 0) is 0 Å². The van der Waals surface area contributed by atoms with E-state index in [1.807, 2.05) is 30.3 Å². The Bertz CT molecular complexity index is 839. The van der Waals surface area contributed by atoms with E-state index in [0.29, 0.717) is 0 Å². The third-order valence-corrected chi connectivity index (χ3v) is 4.93.